The van der Waals surface area contributed by atoms with Crippen LogP contribution in [0.2, 0.25) is 0 Å². The summed E-state index contributed by atoms with van der Waals surface area (Å²) in [4.78, 5) is 2.19. The summed E-state index contributed by atoms with van der Waals surface area (Å²) in [6, 6.07) is 5.40. The summed E-state index contributed by atoms with van der Waals surface area (Å²) >= 11 is 0. The molecule has 2 rings (SSSR count). The van der Waals surface area contributed by atoms with Gasteiger partial charge in [0.05, 0.1) is 0 Å². The van der Waals surface area contributed by atoms with Crippen LogP contribution in [0.5, 0.6) is 0 Å². The molecule has 88 valence electrons. The average molecular weight is 222 g/mol. The highest BCUT2D eigenvalue weighted by atomic mass is 19.1. The first-order valence-corrected chi connectivity index (χ1v) is 5.82. The summed E-state index contributed by atoms with van der Waals surface area (Å²) < 4.78 is 13.6. The van der Waals surface area contributed by atoms with Gasteiger partial charge in [0.15, 0.2) is 0 Å². The molecule has 2 nitrogen and oxygen atoms in total. The van der Waals surface area contributed by atoms with E-state index < -0.39 is 0 Å². The summed E-state index contributed by atoms with van der Waals surface area (Å²) in [5.74, 6) is 0.591. The van der Waals surface area contributed by atoms with Crippen LogP contribution in [0.15, 0.2) is 18.2 Å². The maximum Gasteiger partial charge on any atom is 0.129 e. The normalized spacial score (nSPS) is 17.8. The molecule has 1 aromatic carbocycles. The molecule has 2 N–H and O–H groups in total. The predicted octanol–water partition coefficient (Wildman–Crippen LogP) is 2.64. The predicted molar refractivity (Wildman–Crippen MR) is 64.5 cm³/mol. The molecule has 1 unspecified atom stereocenters. The van der Waals surface area contributed by atoms with Gasteiger partial charge in [-0.2, -0.15) is 0 Å². The van der Waals surface area contributed by atoms with Gasteiger partial charge < -0.3 is 5.73 Å². The minimum absolute atomic E-state index is 0.199. The molecule has 1 fully saturated rings. The van der Waals surface area contributed by atoms with E-state index in [4.69, 9.17) is 5.73 Å². The largest absolute Gasteiger partial charge is 0.398 e. The number of anilines is 1. The van der Waals surface area contributed by atoms with Crippen LogP contribution < -0.4 is 5.73 Å². The lowest BCUT2D eigenvalue weighted by atomic mass is 10.1. The van der Waals surface area contributed by atoms with Gasteiger partial charge >= 0.3 is 0 Å². The van der Waals surface area contributed by atoms with E-state index in [0.29, 0.717) is 23.8 Å². The lowest BCUT2D eigenvalue weighted by molar-refractivity contribution is 0.224. The van der Waals surface area contributed by atoms with E-state index in [0.717, 1.165) is 5.92 Å². The molecule has 16 heavy (non-hydrogen) atoms. The second-order valence-electron chi connectivity index (χ2n) is 4.80. The highest BCUT2D eigenvalue weighted by Gasteiger charge is 2.30. The van der Waals surface area contributed by atoms with Gasteiger partial charge in [-0.3, -0.25) is 4.90 Å². The summed E-state index contributed by atoms with van der Waals surface area (Å²) in [5.41, 5.74) is 6.97. The van der Waals surface area contributed by atoms with Crippen LogP contribution in [0.1, 0.15) is 25.3 Å². The minimum atomic E-state index is -0.199. The molecule has 0 saturated heterocycles. The first-order valence-electron chi connectivity index (χ1n) is 5.82. The Balaban J connectivity index is 2.07. The molecule has 0 spiro atoms. The molecule has 1 atom stereocenters. The van der Waals surface area contributed by atoms with Crippen molar-refractivity contribution >= 4 is 5.69 Å². The number of hydrogen-bond donors (Lipinski definition) is 1. The molecule has 3 heteroatoms. The Morgan fingerprint density at radius 3 is 2.75 bits per heavy atom. The quantitative estimate of drug-likeness (QED) is 0.793. The molecule has 0 aromatic heterocycles. The molecular weight excluding hydrogens is 203 g/mol. The fraction of sp³-hybridized carbons (Fsp3) is 0.538. The molecule has 1 aromatic rings. The van der Waals surface area contributed by atoms with Gasteiger partial charge in [-0.1, -0.05) is 6.07 Å². The van der Waals surface area contributed by atoms with Gasteiger partial charge in [0.25, 0.3) is 0 Å². The first kappa shape index (κ1) is 11.4. The van der Waals surface area contributed by atoms with E-state index in [1.165, 1.54) is 18.9 Å². The van der Waals surface area contributed by atoms with Crippen LogP contribution in [0.4, 0.5) is 10.1 Å². The smallest absolute Gasteiger partial charge is 0.129 e. The topological polar surface area (TPSA) is 29.3 Å². The third kappa shape index (κ3) is 2.35. The van der Waals surface area contributed by atoms with Gasteiger partial charge in [-0.05, 0) is 44.9 Å². The summed E-state index contributed by atoms with van der Waals surface area (Å²) in [7, 11) is 2.04. The average Bonchev–Trinajstić information content (AvgIpc) is 3.06. The molecule has 0 heterocycles. The summed E-state index contributed by atoms with van der Waals surface area (Å²) in [6.45, 7) is 2.80. The van der Waals surface area contributed by atoms with Crippen molar-refractivity contribution < 1.29 is 4.39 Å². The molecule has 0 aliphatic heterocycles. The Kier molecular flexibility index (Phi) is 3.15. The van der Waals surface area contributed by atoms with Crippen molar-refractivity contribution in [3.8, 4) is 0 Å². The molecule has 0 radical (unpaired) electrons. The number of hydrogen-bond acceptors (Lipinski definition) is 2. The fourth-order valence-electron chi connectivity index (χ4n) is 2.07. The van der Waals surface area contributed by atoms with Crippen molar-refractivity contribution in [2.45, 2.75) is 32.4 Å². The van der Waals surface area contributed by atoms with Gasteiger partial charge in [0.1, 0.15) is 5.82 Å². The van der Waals surface area contributed by atoms with Crippen molar-refractivity contribution in [2.75, 3.05) is 12.8 Å². The van der Waals surface area contributed by atoms with Crippen LogP contribution in [0.3, 0.4) is 0 Å². The van der Waals surface area contributed by atoms with E-state index >= 15 is 0 Å². The Morgan fingerprint density at radius 1 is 1.50 bits per heavy atom. The third-order valence-electron chi connectivity index (χ3n) is 3.56. The van der Waals surface area contributed by atoms with Crippen molar-refractivity contribution in [1.29, 1.82) is 0 Å². The van der Waals surface area contributed by atoms with Gasteiger partial charge in [0, 0.05) is 23.8 Å². The second kappa shape index (κ2) is 4.42. The monoisotopic (exact) mass is 222 g/mol. The van der Waals surface area contributed by atoms with Crippen LogP contribution in [0.25, 0.3) is 0 Å². The van der Waals surface area contributed by atoms with Crippen molar-refractivity contribution in [3.05, 3.63) is 29.6 Å². The number of nitrogens with two attached hydrogens (primary N) is 1. The Morgan fingerprint density at radius 2 is 2.19 bits per heavy atom. The number of halogens is 1. The van der Waals surface area contributed by atoms with Crippen molar-refractivity contribution in [3.63, 3.8) is 0 Å². The summed E-state index contributed by atoms with van der Waals surface area (Å²) in [6.07, 6.45) is 2.61. The highest BCUT2D eigenvalue weighted by Crippen LogP contribution is 2.35. The van der Waals surface area contributed by atoms with Gasteiger partial charge in [-0.15, -0.1) is 0 Å². The Bertz CT molecular complexity index is 354. The highest BCUT2D eigenvalue weighted by molar-refractivity contribution is 5.47. The van der Waals surface area contributed by atoms with Crippen LogP contribution >= 0.6 is 0 Å². The maximum absolute atomic E-state index is 13.6. The van der Waals surface area contributed by atoms with E-state index in [2.05, 4.69) is 11.8 Å². The zero-order valence-corrected chi connectivity index (χ0v) is 9.91. The molecular formula is C13H19FN2. The number of rotatable bonds is 4. The van der Waals surface area contributed by atoms with Crippen LogP contribution in [-0.4, -0.2) is 18.0 Å². The Hall–Kier alpha value is -1.09. The fourth-order valence-corrected chi connectivity index (χ4v) is 2.07. The van der Waals surface area contributed by atoms with Gasteiger partial charge in [-0.25, -0.2) is 4.39 Å². The minimum Gasteiger partial charge on any atom is -0.398 e. The molecule has 0 bridgehead atoms. The molecule has 1 aliphatic rings. The van der Waals surface area contributed by atoms with E-state index in [9.17, 15) is 4.39 Å². The molecule has 1 saturated carbocycles. The van der Waals surface area contributed by atoms with Crippen molar-refractivity contribution in [1.82, 2.24) is 4.90 Å². The first-order chi connectivity index (χ1) is 7.59. The van der Waals surface area contributed by atoms with E-state index in [-0.39, 0.29) is 5.82 Å². The van der Waals surface area contributed by atoms with E-state index in [1.807, 2.05) is 7.05 Å². The zero-order chi connectivity index (χ0) is 11.7. The second-order valence-corrected chi connectivity index (χ2v) is 4.80. The number of benzene rings is 1. The lowest BCUT2D eigenvalue weighted by Crippen LogP contribution is -2.30. The zero-order valence-electron chi connectivity index (χ0n) is 9.91. The lowest BCUT2D eigenvalue weighted by Gasteiger charge is -2.25. The Labute approximate surface area is 96.2 Å². The number of nitrogen functional groups attached to an aromatic ring is 1. The van der Waals surface area contributed by atoms with Crippen molar-refractivity contribution in [2.24, 2.45) is 5.92 Å². The third-order valence-corrected chi connectivity index (χ3v) is 3.56. The SMILES string of the molecule is CC(C1CC1)N(C)Cc1c(N)cccc1F. The number of nitrogens with zero attached hydrogens (tertiary/aromatic N) is 1. The standard InChI is InChI=1S/C13H19FN2/c1-9(10-6-7-10)16(2)8-11-12(14)4-3-5-13(11)15/h3-5,9-10H,6-8,15H2,1-2H3. The molecule has 0 amide bonds. The van der Waals surface area contributed by atoms with Crippen LogP contribution in [0, 0.1) is 11.7 Å². The van der Waals surface area contributed by atoms with E-state index in [1.54, 1.807) is 12.1 Å². The summed E-state index contributed by atoms with van der Waals surface area (Å²) in [5, 5.41) is 0. The van der Waals surface area contributed by atoms with Gasteiger partial charge in [0.2, 0.25) is 0 Å². The molecule has 1 aliphatic carbocycles. The van der Waals surface area contributed by atoms with Crippen LogP contribution in [-0.2, 0) is 6.54 Å². The maximum atomic E-state index is 13.6.